The fourth-order valence-corrected chi connectivity index (χ4v) is 6.77. The summed E-state index contributed by atoms with van der Waals surface area (Å²) in [6.45, 7) is 11.8. The Hall–Kier alpha value is -2.00. The van der Waals surface area contributed by atoms with Crippen LogP contribution >= 0.6 is 11.3 Å². The molecular formula is C29H41NO6S. The van der Waals surface area contributed by atoms with Gasteiger partial charge in [-0.05, 0) is 76.4 Å². The lowest BCUT2D eigenvalue weighted by Crippen LogP contribution is -2.51. The quantitative estimate of drug-likeness (QED) is 0.359. The van der Waals surface area contributed by atoms with Gasteiger partial charge in [-0.1, -0.05) is 25.2 Å². The number of ether oxygens (including phenoxy) is 3. The number of hydrogen-bond acceptors (Lipinski definition) is 7. The molecule has 7 nitrogen and oxygen atoms in total. The second-order valence-corrected chi connectivity index (χ2v) is 12.2. The molecule has 8 heteroatoms. The molecule has 1 amide bonds. The molecule has 0 aromatic carbocycles. The number of methoxy groups -OCH3 is 1. The molecule has 1 aromatic heterocycles. The number of amides is 1. The molecule has 0 radical (unpaired) electrons. The maximum atomic E-state index is 14.2. The van der Waals surface area contributed by atoms with Gasteiger partial charge in [-0.15, -0.1) is 11.3 Å². The SMILES string of the molecule is C=C(C)c1cc(N(C(=O)[C@H]2CC=C(C)C[C@@H]2C)C2CCC(O)(CO[C@H]3CCOC3)CC2)c(C(=O)OC)s1. The molecular weight excluding hydrogens is 490 g/mol. The number of esters is 1. The van der Waals surface area contributed by atoms with E-state index in [1.54, 1.807) is 0 Å². The lowest BCUT2D eigenvalue weighted by Gasteiger charge is -2.42. The lowest BCUT2D eigenvalue weighted by atomic mass is 9.78. The van der Waals surface area contributed by atoms with Crippen LogP contribution in [0.2, 0.25) is 0 Å². The number of thiophene rings is 1. The molecule has 1 aliphatic heterocycles. The molecule has 3 aliphatic rings. The molecule has 37 heavy (non-hydrogen) atoms. The maximum absolute atomic E-state index is 14.2. The lowest BCUT2D eigenvalue weighted by molar-refractivity contribution is -0.125. The topological polar surface area (TPSA) is 85.3 Å². The first-order chi connectivity index (χ1) is 17.6. The third kappa shape index (κ3) is 6.36. The van der Waals surface area contributed by atoms with E-state index in [0.717, 1.165) is 23.3 Å². The summed E-state index contributed by atoms with van der Waals surface area (Å²) in [5, 5.41) is 11.3. The molecule has 2 aliphatic carbocycles. The molecule has 3 atom stereocenters. The zero-order valence-electron chi connectivity index (χ0n) is 22.6. The zero-order chi connectivity index (χ0) is 26.7. The van der Waals surface area contributed by atoms with Crippen LogP contribution in [0.3, 0.4) is 0 Å². The molecule has 2 heterocycles. The first-order valence-corrected chi connectivity index (χ1v) is 14.2. The smallest absolute Gasteiger partial charge is 0.350 e. The van der Waals surface area contributed by atoms with Crippen molar-refractivity contribution in [2.75, 3.05) is 31.8 Å². The fourth-order valence-electron chi connectivity index (χ4n) is 5.78. The third-order valence-electron chi connectivity index (χ3n) is 8.10. The van der Waals surface area contributed by atoms with Crippen LogP contribution in [0.15, 0.2) is 24.3 Å². The van der Waals surface area contributed by atoms with E-state index in [0.29, 0.717) is 55.9 Å². The first-order valence-electron chi connectivity index (χ1n) is 13.4. The van der Waals surface area contributed by atoms with Crippen molar-refractivity contribution in [3.05, 3.63) is 34.0 Å². The first kappa shape index (κ1) is 28.0. The van der Waals surface area contributed by atoms with E-state index in [4.69, 9.17) is 14.2 Å². The van der Waals surface area contributed by atoms with Crippen LogP contribution in [0.5, 0.6) is 0 Å². The second kappa shape index (κ2) is 11.8. The van der Waals surface area contributed by atoms with Gasteiger partial charge in [-0.25, -0.2) is 4.79 Å². The van der Waals surface area contributed by atoms with E-state index in [1.807, 2.05) is 17.9 Å². The normalized spacial score (nSPS) is 30.0. The number of aliphatic hydroxyl groups is 1. The molecule has 0 bridgehead atoms. The Labute approximate surface area is 224 Å². The van der Waals surface area contributed by atoms with Crippen LogP contribution in [-0.2, 0) is 19.0 Å². The van der Waals surface area contributed by atoms with E-state index in [1.165, 1.54) is 24.0 Å². The minimum Gasteiger partial charge on any atom is -0.465 e. The summed E-state index contributed by atoms with van der Waals surface area (Å²) in [5.41, 5.74) is 1.83. The highest BCUT2D eigenvalue weighted by molar-refractivity contribution is 7.15. The van der Waals surface area contributed by atoms with Gasteiger partial charge in [0.05, 0.1) is 37.7 Å². The molecule has 0 spiro atoms. The number of allylic oxidation sites excluding steroid dienone is 3. The summed E-state index contributed by atoms with van der Waals surface area (Å²) < 4.78 is 16.5. The standard InChI is InChI=1S/C29H41NO6S/c1-18(2)25-15-24(26(37-25)28(32)34-5)30(27(31)23-7-6-19(3)14-20(23)4)21-8-11-29(33,12-9-21)17-36-22-10-13-35-16-22/h6,15,20-23,33H,1,7-14,16-17H2,2-5H3/t20-,21?,22-,23-,29?/m0/s1. The van der Waals surface area contributed by atoms with Crippen LogP contribution in [0.4, 0.5) is 5.69 Å². The van der Waals surface area contributed by atoms with Gasteiger partial charge in [-0.3, -0.25) is 4.79 Å². The van der Waals surface area contributed by atoms with Crippen LogP contribution < -0.4 is 4.90 Å². The van der Waals surface area contributed by atoms with Crippen molar-refractivity contribution in [1.82, 2.24) is 0 Å². The highest BCUT2D eigenvalue weighted by Gasteiger charge is 2.42. The summed E-state index contributed by atoms with van der Waals surface area (Å²) in [7, 11) is 1.37. The van der Waals surface area contributed by atoms with Gasteiger partial charge in [0.1, 0.15) is 4.88 Å². The third-order valence-corrected chi connectivity index (χ3v) is 9.36. The predicted molar refractivity (Wildman–Crippen MR) is 146 cm³/mol. The molecule has 4 rings (SSSR count). The van der Waals surface area contributed by atoms with E-state index in [9.17, 15) is 14.7 Å². The Morgan fingerprint density at radius 3 is 2.62 bits per heavy atom. The average molecular weight is 532 g/mol. The highest BCUT2D eigenvalue weighted by atomic mass is 32.1. The Morgan fingerprint density at radius 1 is 1.30 bits per heavy atom. The fraction of sp³-hybridized carbons (Fsp3) is 0.655. The van der Waals surface area contributed by atoms with Crippen LogP contribution in [0.1, 0.15) is 80.3 Å². The Balaban J connectivity index is 1.61. The number of nitrogens with zero attached hydrogens (tertiary/aromatic N) is 1. The highest BCUT2D eigenvalue weighted by Crippen LogP contribution is 2.42. The number of carbonyl (C=O) groups excluding carboxylic acids is 2. The average Bonchev–Trinajstić information content (AvgIpc) is 3.54. The monoisotopic (exact) mass is 531 g/mol. The number of rotatable bonds is 8. The van der Waals surface area contributed by atoms with Crippen LogP contribution in [0.25, 0.3) is 5.57 Å². The van der Waals surface area contributed by atoms with Gasteiger partial charge < -0.3 is 24.2 Å². The number of anilines is 1. The van der Waals surface area contributed by atoms with E-state index >= 15 is 0 Å². The molecule has 2 fully saturated rings. The summed E-state index contributed by atoms with van der Waals surface area (Å²) in [4.78, 5) is 30.2. The van der Waals surface area contributed by atoms with E-state index in [2.05, 4.69) is 26.5 Å². The van der Waals surface area contributed by atoms with Crippen LogP contribution in [0, 0.1) is 11.8 Å². The van der Waals surface area contributed by atoms with Gasteiger partial charge in [0.15, 0.2) is 0 Å². The molecule has 204 valence electrons. The molecule has 0 unspecified atom stereocenters. The zero-order valence-corrected chi connectivity index (χ0v) is 23.4. The van der Waals surface area contributed by atoms with Crippen molar-refractivity contribution in [3.8, 4) is 0 Å². The minimum atomic E-state index is -0.922. The summed E-state index contributed by atoms with van der Waals surface area (Å²) in [6, 6.07) is 1.79. The van der Waals surface area contributed by atoms with E-state index in [-0.39, 0.29) is 36.5 Å². The Kier molecular flexibility index (Phi) is 8.94. The van der Waals surface area contributed by atoms with Crippen molar-refractivity contribution >= 4 is 34.5 Å². The van der Waals surface area contributed by atoms with Crippen molar-refractivity contribution < 1.29 is 28.9 Å². The number of carbonyl (C=O) groups is 2. The van der Waals surface area contributed by atoms with Crippen molar-refractivity contribution in [2.45, 2.75) is 83.5 Å². The minimum absolute atomic E-state index is 0.0399. The molecule has 1 aromatic rings. The van der Waals surface area contributed by atoms with Gasteiger partial charge >= 0.3 is 5.97 Å². The second-order valence-electron chi connectivity index (χ2n) is 11.1. The molecule has 1 saturated heterocycles. The van der Waals surface area contributed by atoms with E-state index < -0.39 is 11.6 Å². The maximum Gasteiger partial charge on any atom is 0.350 e. The number of hydrogen-bond donors (Lipinski definition) is 1. The Morgan fingerprint density at radius 2 is 2.03 bits per heavy atom. The van der Waals surface area contributed by atoms with Gasteiger partial charge in [0.2, 0.25) is 5.91 Å². The summed E-state index contributed by atoms with van der Waals surface area (Å²) >= 11 is 1.32. The van der Waals surface area contributed by atoms with Crippen LogP contribution in [-0.4, -0.2) is 61.7 Å². The predicted octanol–water partition coefficient (Wildman–Crippen LogP) is 5.37. The van der Waals surface area contributed by atoms with Gasteiger partial charge in [0.25, 0.3) is 0 Å². The molecule has 1 saturated carbocycles. The van der Waals surface area contributed by atoms with Crippen molar-refractivity contribution in [3.63, 3.8) is 0 Å². The molecule has 1 N–H and O–H groups in total. The van der Waals surface area contributed by atoms with Gasteiger partial charge in [-0.2, -0.15) is 0 Å². The largest absolute Gasteiger partial charge is 0.465 e. The Bertz CT molecular complexity index is 1030. The van der Waals surface area contributed by atoms with Gasteiger partial charge in [0, 0.05) is 23.4 Å². The van der Waals surface area contributed by atoms with Crippen molar-refractivity contribution in [1.29, 1.82) is 0 Å². The van der Waals surface area contributed by atoms with Crippen molar-refractivity contribution in [2.24, 2.45) is 11.8 Å². The summed E-state index contributed by atoms with van der Waals surface area (Å²) in [6.07, 6.45) is 6.95. The summed E-state index contributed by atoms with van der Waals surface area (Å²) in [5.74, 6) is -0.350.